The fraction of sp³-hybridized carbons (Fsp3) is 0.0385. The molecule has 7 heteroatoms. The van der Waals surface area contributed by atoms with Crippen molar-refractivity contribution in [3.8, 4) is 5.75 Å². The molecule has 0 aromatic heterocycles. The molecule has 0 spiro atoms. The number of esters is 1. The quantitative estimate of drug-likeness (QED) is 0.154. The molecule has 0 radical (unpaired) electrons. The maximum Gasteiger partial charge on any atom is 0.343 e. The van der Waals surface area contributed by atoms with Crippen molar-refractivity contribution in [2.45, 2.75) is 0 Å². The van der Waals surface area contributed by atoms with Crippen molar-refractivity contribution in [3.63, 3.8) is 0 Å². The number of hydrogen-bond donors (Lipinski definition) is 2. The van der Waals surface area contributed by atoms with E-state index in [-0.39, 0.29) is 12.5 Å². The van der Waals surface area contributed by atoms with E-state index >= 15 is 0 Å². The average Bonchev–Trinajstić information content (AvgIpc) is 2.84. The molecule has 0 bridgehead atoms. The monoisotopic (exact) mass is 501 g/mol. The molecule has 33 heavy (non-hydrogen) atoms. The van der Waals surface area contributed by atoms with Gasteiger partial charge in [-0.2, -0.15) is 5.10 Å². The normalized spacial score (nSPS) is 10.8. The third kappa shape index (κ3) is 6.27. The van der Waals surface area contributed by atoms with Crippen LogP contribution >= 0.6 is 15.9 Å². The third-order valence-corrected chi connectivity index (χ3v) is 5.30. The van der Waals surface area contributed by atoms with Gasteiger partial charge in [-0.05, 0) is 77.0 Å². The van der Waals surface area contributed by atoms with Crippen LogP contribution < -0.4 is 15.5 Å². The van der Waals surface area contributed by atoms with Crippen molar-refractivity contribution in [1.29, 1.82) is 0 Å². The smallest absolute Gasteiger partial charge is 0.343 e. The van der Waals surface area contributed by atoms with E-state index in [9.17, 15) is 9.59 Å². The molecule has 0 heterocycles. The second-order valence-electron chi connectivity index (χ2n) is 7.17. The first-order chi connectivity index (χ1) is 16.1. The number of amides is 1. The fourth-order valence-electron chi connectivity index (χ4n) is 3.07. The van der Waals surface area contributed by atoms with Crippen LogP contribution in [-0.4, -0.2) is 24.6 Å². The predicted octanol–water partition coefficient (Wildman–Crippen LogP) is 5.38. The van der Waals surface area contributed by atoms with Gasteiger partial charge in [0.2, 0.25) is 0 Å². The molecule has 4 aromatic rings. The summed E-state index contributed by atoms with van der Waals surface area (Å²) in [6.45, 7) is 0.0978. The van der Waals surface area contributed by atoms with E-state index in [0.717, 1.165) is 26.5 Å². The number of nitrogens with zero attached hydrogens (tertiary/aromatic N) is 1. The summed E-state index contributed by atoms with van der Waals surface area (Å²) in [5.41, 5.74) is 4.57. The maximum absolute atomic E-state index is 12.2. The number of carbonyl (C=O) groups excluding carboxylic acids is 2. The minimum Gasteiger partial charge on any atom is -0.423 e. The highest BCUT2D eigenvalue weighted by molar-refractivity contribution is 9.10. The van der Waals surface area contributed by atoms with Crippen molar-refractivity contribution >= 4 is 50.5 Å². The topological polar surface area (TPSA) is 79.8 Å². The first-order valence-electron chi connectivity index (χ1n) is 10.2. The van der Waals surface area contributed by atoms with E-state index in [4.69, 9.17) is 4.74 Å². The predicted molar refractivity (Wildman–Crippen MR) is 134 cm³/mol. The van der Waals surface area contributed by atoms with Crippen molar-refractivity contribution < 1.29 is 14.3 Å². The molecule has 0 aliphatic heterocycles. The zero-order valence-electron chi connectivity index (χ0n) is 17.5. The lowest BCUT2D eigenvalue weighted by molar-refractivity contribution is -0.119. The number of anilines is 1. The molecule has 0 unspecified atom stereocenters. The molecule has 0 aliphatic rings. The Morgan fingerprint density at radius 1 is 0.879 bits per heavy atom. The molecule has 0 saturated heterocycles. The molecule has 0 atom stereocenters. The first-order valence-corrected chi connectivity index (χ1v) is 11.0. The van der Waals surface area contributed by atoms with E-state index in [1.54, 1.807) is 48.5 Å². The fourth-order valence-corrected chi connectivity index (χ4v) is 3.34. The second kappa shape index (κ2) is 10.6. The van der Waals surface area contributed by atoms with E-state index in [1.807, 2.05) is 42.5 Å². The molecule has 0 fully saturated rings. The number of ether oxygens (including phenoxy) is 1. The Hall–Kier alpha value is -3.97. The summed E-state index contributed by atoms with van der Waals surface area (Å²) in [5, 5.41) is 9.31. The Labute approximate surface area is 199 Å². The van der Waals surface area contributed by atoms with Crippen LogP contribution in [0, 0.1) is 0 Å². The zero-order valence-corrected chi connectivity index (χ0v) is 19.1. The highest BCUT2D eigenvalue weighted by Gasteiger charge is 2.08. The highest BCUT2D eigenvalue weighted by atomic mass is 79.9. The minimum absolute atomic E-state index is 0.0978. The lowest BCUT2D eigenvalue weighted by Crippen LogP contribution is -2.25. The summed E-state index contributed by atoms with van der Waals surface area (Å²) in [5.74, 6) is -0.279. The molecule has 6 nitrogen and oxygen atoms in total. The Balaban J connectivity index is 1.25. The van der Waals surface area contributed by atoms with E-state index in [0.29, 0.717) is 11.3 Å². The van der Waals surface area contributed by atoms with Crippen molar-refractivity contribution in [3.05, 3.63) is 107 Å². The van der Waals surface area contributed by atoms with Crippen LogP contribution in [0.25, 0.3) is 10.8 Å². The molecular formula is C26H20BrN3O3. The van der Waals surface area contributed by atoms with Crippen LogP contribution in [0.3, 0.4) is 0 Å². The number of nitrogens with one attached hydrogen (secondary N) is 2. The summed E-state index contributed by atoms with van der Waals surface area (Å²) < 4.78 is 6.25. The summed E-state index contributed by atoms with van der Waals surface area (Å²) in [4.78, 5) is 24.2. The molecule has 2 N–H and O–H groups in total. The number of rotatable bonds is 7. The minimum atomic E-state index is -0.435. The van der Waals surface area contributed by atoms with E-state index in [2.05, 4.69) is 31.8 Å². The van der Waals surface area contributed by atoms with E-state index in [1.165, 1.54) is 6.21 Å². The number of benzene rings is 4. The van der Waals surface area contributed by atoms with Gasteiger partial charge in [0.1, 0.15) is 5.75 Å². The largest absolute Gasteiger partial charge is 0.423 e. The highest BCUT2D eigenvalue weighted by Crippen LogP contribution is 2.18. The van der Waals surface area contributed by atoms with Crippen molar-refractivity contribution in [1.82, 2.24) is 5.43 Å². The van der Waals surface area contributed by atoms with Gasteiger partial charge in [0.15, 0.2) is 0 Å². The number of hydrazone groups is 1. The standard InChI is InChI=1S/C26H20BrN3O3/c27-22-10-7-20(8-11-22)26(32)33-24-13-5-18(6-14-24)16-29-30-25(31)17-28-23-12-9-19-3-1-2-4-21(19)15-23/h1-16,28H,17H2,(H,30,31). The lowest BCUT2D eigenvalue weighted by atomic mass is 10.1. The number of halogens is 1. The van der Waals surface area contributed by atoms with Crippen molar-refractivity contribution in [2.75, 3.05) is 11.9 Å². The van der Waals surface area contributed by atoms with Crippen LogP contribution in [0.2, 0.25) is 0 Å². The van der Waals surface area contributed by atoms with Crippen molar-refractivity contribution in [2.24, 2.45) is 5.10 Å². The summed E-state index contributed by atoms with van der Waals surface area (Å²) in [6.07, 6.45) is 1.52. The van der Waals surface area contributed by atoms with Gasteiger partial charge in [-0.3, -0.25) is 4.79 Å². The Morgan fingerprint density at radius 2 is 1.61 bits per heavy atom. The Morgan fingerprint density at radius 3 is 2.36 bits per heavy atom. The van der Waals surface area contributed by atoms with Gasteiger partial charge in [-0.25, -0.2) is 10.2 Å². The van der Waals surface area contributed by atoms with E-state index < -0.39 is 5.97 Å². The van der Waals surface area contributed by atoms with Crippen LogP contribution in [0.4, 0.5) is 5.69 Å². The molecule has 1 amide bonds. The maximum atomic E-state index is 12.2. The van der Waals surface area contributed by atoms with Crippen LogP contribution in [0.15, 0.2) is 101 Å². The molecular weight excluding hydrogens is 482 g/mol. The molecule has 4 rings (SSSR count). The molecule has 4 aromatic carbocycles. The number of carbonyl (C=O) groups is 2. The second-order valence-corrected chi connectivity index (χ2v) is 8.09. The van der Waals surface area contributed by atoms with Gasteiger partial charge in [0.25, 0.3) is 5.91 Å². The number of fused-ring (bicyclic) bond motifs is 1. The van der Waals surface area contributed by atoms with Gasteiger partial charge in [0.05, 0.1) is 18.3 Å². The van der Waals surface area contributed by atoms with Crippen LogP contribution in [-0.2, 0) is 4.79 Å². The third-order valence-electron chi connectivity index (χ3n) is 4.78. The Bertz CT molecular complexity index is 1300. The van der Waals surface area contributed by atoms with Gasteiger partial charge in [-0.1, -0.05) is 46.3 Å². The molecule has 0 saturated carbocycles. The SMILES string of the molecule is O=C(CNc1ccc2ccccc2c1)NN=Cc1ccc(OC(=O)c2ccc(Br)cc2)cc1. The zero-order chi connectivity index (χ0) is 23.0. The lowest BCUT2D eigenvalue weighted by Gasteiger charge is -2.07. The van der Waals surface area contributed by atoms with Gasteiger partial charge in [-0.15, -0.1) is 0 Å². The first kappa shape index (κ1) is 22.2. The average molecular weight is 502 g/mol. The summed E-state index contributed by atoms with van der Waals surface area (Å²) >= 11 is 3.33. The summed E-state index contributed by atoms with van der Waals surface area (Å²) in [6, 6.07) is 27.7. The van der Waals surface area contributed by atoms with Gasteiger partial charge >= 0.3 is 5.97 Å². The molecule has 164 valence electrons. The van der Waals surface area contributed by atoms with Crippen LogP contribution in [0.1, 0.15) is 15.9 Å². The number of hydrogen-bond acceptors (Lipinski definition) is 5. The Kier molecular flexibility index (Phi) is 7.12. The molecule has 0 aliphatic carbocycles. The van der Waals surface area contributed by atoms with Crippen LogP contribution in [0.5, 0.6) is 5.75 Å². The summed E-state index contributed by atoms with van der Waals surface area (Å²) in [7, 11) is 0. The van der Waals surface area contributed by atoms with Gasteiger partial charge < -0.3 is 10.1 Å². The van der Waals surface area contributed by atoms with Gasteiger partial charge in [0, 0.05) is 10.2 Å².